The van der Waals surface area contributed by atoms with Gasteiger partial charge in [0, 0.05) is 25.7 Å². The molecule has 0 saturated heterocycles. The normalized spacial score (nSPS) is 12.3. The lowest BCUT2D eigenvalue weighted by atomic mass is 10.2. The highest BCUT2D eigenvalue weighted by molar-refractivity contribution is 7.89. The van der Waals surface area contributed by atoms with E-state index in [1.54, 1.807) is 24.3 Å². The highest BCUT2D eigenvalue weighted by Crippen LogP contribution is 2.09. The summed E-state index contributed by atoms with van der Waals surface area (Å²) in [6.45, 7) is 5.63. The molecular weight excluding hydrogens is 262 g/mol. The summed E-state index contributed by atoms with van der Waals surface area (Å²) in [7, 11) is -1.46. The van der Waals surface area contributed by atoms with Gasteiger partial charge in [0.05, 0.1) is 4.90 Å². The molecule has 108 valence electrons. The highest BCUT2D eigenvalue weighted by Gasteiger charge is 2.13. The van der Waals surface area contributed by atoms with Crippen LogP contribution >= 0.6 is 0 Å². The summed E-state index contributed by atoms with van der Waals surface area (Å²) in [5, 5.41) is 0. The predicted octanol–water partition coefficient (Wildman–Crippen LogP) is 0.764. The second-order valence-corrected chi connectivity index (χ2v) is 6.59. The Balaban J connectivity index is 2.60. The van der Waals surface area contributed by atoms with Crippen molar-refractivity contribution in [1.29, 1.82) is 0 Å². The first kappa shape index (κ1) is 16.1. The molecule has 0 radical (unpaired) electrons. The Morgan fingerprint density at radius 3 is 2.32 bits per heavy atom. The topological polar surface area (TPSA) is 75.4 Å². The highest BCUT2D eigenvalue weighted by atomic mass is 32.2. The molecule has 0 aliphatic heterocycles. The third kappa shape index (κ3) is 4.91. The van der Waals surface area contributed by atoms with Crippen LogP contribution in [0.2, 0.25) is 0 Å². The monoisotopic (exact) mass is 285 g/mol. The number of nitrogens with zero attached hydrogens (tertiary/aromatic N) is 1. The Morgan fingerprint density at radius 2 is 1.84 bits per heavy atom. The molecule has 3 N–H and O–H groups in total. The molecule has 1 aromatic rings. The number of likely N-dealkylation sites (N-methyl/N-ethyl adjacent to an activating group) is 1. The maximum Gasteiger partial charge on any atom is 0.240 e. The van der Waals surface area contributed by atoms with Crippen LogP contribution in [0.5, 0.6) is 0 Å². The van der Waals surface area contributed by atoms with Gasteiger partial charge in [-0.15, -0.1) is 0 Å². The molecule has 0 aliphatic carbocycles. The van der Waals surface area contributed by atoms with Crippen LogP contribution in [-0.4, -0.2) is 39.5 Å². The van der Waals surface area contributed by atoms with Crippen LogP contribution < -0.4 is 10.5 Å². The molecule has 19 heavy (non-hydrogen) atoms. The first-order valence-corrected chi connectivity index (χ1v) is 7.84. The van der Waals surface area contributed by atoms with Gasteiger partial charge < -0.3 is 10.6 Å². The summed E-state index contributed by atoms with van der Waals surface area (Å²) >= 11 is 0. The van der Waals surface area contributed by atoms with Gasteiger partial charge >= 0.3 is 0 Å². The summed E-state index contributed by atoms with van der Waals surface area (Å²) in [6.07, 6.45) is 0. The first-order chi connectivity index (χ1) is 8.86. The quantitative estimate of drug-likeness (QED) is 0.776. The number of benzene rings is 1. The van der Waals surface area contributed by atoms with Crippen molar-refractivity contribution in [2.24, 2.45) is 5.73 Å². The fourth-order valence-electron chi connectivity index (χ4n) is 1.50. The largest absolute Gasteiger partial charge is 0.326 e. The third-order valence-corrected chi connectivity index (χ3v) is 4.58. The zero-order valence-electron chi connectivity index (χ0n) is 11.8. The van der Waals surface area contributed by atoms with Gasteiger partial charge in [-0.05, 0) is 38.6 Å². The van der Waals surface area contributed by atoms with E-state index in [0.717, 1.165) is 5.56 Å². The predicted molar refractivity (Wildman–Crippen MR) is 77.3 cm³/mol. The van der Waals surface area contributed by atoms with Crippen LogP contribution in [0.3, 0.4) is 0 Å². The Kier molecular flexibility index (Phi) is 5.93. The van der Waals surface area contributed by atoms with E-state index in [1.165, 1.54) is 0 Å². The van der Waals surface area contributed by atoms with Gasteiger partial charge in [-0.2, -0.15) is 0 Å². The summed E-state index contributed by atoms with van der Waals surface area (Å²) in [5.74, 6) is 0. The van der Waals surface area contributed by atoms with Crippen LogP contribution in [0.15, 0.2) is 29.2 Å². The van der Waals surface area contributed by atoms with Crippen molar-refractivity contribution in [3.05, 3.63) is 29.8 Å². The second-order valence-electron chi connectivity index (χ2n) is 4.82. The molecule has 5 nitrogen and oxygen atoms in total. The fraction of sp³-hybridized carbons (Fsp3) is 0.538. The minimum Gasteiger partial charge on any atom is -0.326 e. The van der Waals surface area contributed by atoms with E-state index in [1.807, 2.05) is 7.05 Å². The van der Waals surface area contributed by atoms with E-state index in [0.29, 0.717) is 25.7 Å². The minimum absolute atomic E-state index is 0.275. The van der Waals surface area contributed by atoms with Gasteiger partial charge in [0.25, 0.3) is 0 Å². The van der Waals surface area contributed by atoms with Gasteiger partial charge in [0.2, 0.25) is 10.0 Å². The Hall–Kier alpha value is -0.950. The summed E-state index contributed by atoms with van der Waals surface area (Å²) in [6, 6.07) is 7.02. The lowest BCUT2D eigenvalue weighted by molar-refractivity contribution is 0.278. The summed E-state index contributed by atoms with van der Waals surface area (Å²) < 4.78 is 26.6. The number of rotatable bonds is 7. The van der Waals surface area contributed by atoms with Crippen molar-refractivity contribution >= 4 is 10.0 Å². The molecule has 0 unspecified atom stereocenters. The van der Waals surface area contributed by atoms with E-state index in [2.05, 4.69) is 23.5 Å². The molecule has 1 aromatic carbocycles. The smallest absolute Gasteiger partial charge is 0.240 e. The van der Waals surface area contributed by atoms with Gasteiger partial charge in [0.15, 0.2) is 0 Å². The van der Waals surface area contributed by atoms with Crippen molar-refractivity contribution in [1.82, 2.24) is 9.62 Å². The Morgan fingerprint density at radius 1 is 1.26 bits per heavy atom. The molecule has 0 aromatic heterocycles. The van der Waals surface area contributed by atoms with Gasteiger partial charge in [-0.3, -0.25) is 0 Å². The van der Waals surface area contributed by atoms with Crippen LogP contribution in [0, 0.1) is 0 Å². The van der Waals surface area contributed by atoms with E-state index in [-0.39, 0.29) is 4.90 Å². The van der Waals surface area contributed by atoms with Crippen molar-refractivity contribution in [2.45, 2.75) is 31.3 Å². The van der Waals surface area contributed by atoms with Crippen LogP contribution in [0.25, 0.3) is 0 Å². The number of hydrogen-bond donors (Lipinski definition) is 2. The van der Waals surface area contributed by atoms with Crippen LogP contribution in [0.4, 0.5) is 0 Å². The summed E-state index contributed by atoms with van der Waals surface area (Å²) in [5.41, 5.74) is 6.40. The van der Waals surface area contributed by atoms with Crippen molar-refractivity contribution in [3.63, 3.8) is 0 Å². The number of sulfonamides is 1. The molecule has 0 spiro atoms. The molecule has 0 amide bonds. The van der Waals surface area contributed by atoms with Crippen molar-refractivity contribution < 1.29 is 8.42 Å². The zero-order valence-corrected chi connectivity index (χ0v) is 12.6. The van der Waals surface area contributed by atoms with Crippen LogP contribution in [0.1, 0.15) is 19.4 Å². The maximum atomic E-state index is 12.0. The average Bonchev–Trinajstić information content (AvgIpc) is 2.38. The lowest BCUT2D eigenvalue weighted by Gasteiger charge is -2.20. The SMILES string of the molecule is CC(C)N(C)CCNS(=O)(=O)c1ccc(CN)cc1. The Bertz CT molecular complexity index is 483. The van der Waals surface area contributed by atoms with E-state index < -0.39 is 10.0 Å². The number of hydrogen-bond acceptors (Lipinski definition) is 4. The fourth-order valence-corrected chi connectivity index (χ4v) is 2.52. The van der Waals surface area contributed by atoms with Crippen LogP contribution in [-0.2, 0) is 16.6 Å². The molecule has 1 rings (SSSR count). The van der Waals surface area contributed by atoms with Gasteiger partial charge in [0.1, 0.15) is 0 Å². The van der Waals surface area contributed by atoms with Crippen molar-refractivity contribution in [3.8, 4) is 0 Å². The molecule has 0 bridgehead atoms. The van der Waals surface area contributed by atoms with Gasteiger partial charge in [-0.25, -0.2) is 13.1 Å². The molecule has 6 heteroatoms. The average molecular weight is 285 g/mol. The number of nitrogens with two attached hydrogens (primary N) is 1. The van der Waals surface area contributed by atoms with E-state index >= 15 is 0 Å². The molecule has 0 fully saturated rings. The molecule has 0 heterocycles. The second kappa shape index (κ2) is 7.00. The van der Waals surface area contributed by atoms with E-state index in [4.69, 9.17) is 5.73 Å². The Labute approximate surface area is 115 Å². The third-order valence-electron chi connectivity index (χ3n) is 3.11. The first-order valence-electron chi connectivity index (χ1n) is 6.35. The van der Waals surface area contributed by atoms with Gasteiger partial charge in [-0.1, -0.05) is 12.1 Å². The molecular formula is C13H23N3O2S. The molecule has 0 atom stereocenters. The maximum absolute atomic E-state index is 12.0. The molecule has 0 saturated carbocycles. The molecule has 0 aliphatic rings. The minimum atomic E-state index is -3.42. The van der Waals surface area contributed by atoms with E-state index in [9.17, 15) is 8.42 Å². The van der Waals surface area contributed by atoms with Crippen molar-refractivity contribution in [2.75, 3.05) is 20.1 Å². The zero-order chi connectivity index (χ0) is 14.5. The standard InChI is InChI=1S/C13H23N3O2S/c1-11(2)16(3)9-8-15-19(17,18)13-6-4-12(10-14)5-7-13/h4-7,11,15H,8-10,14H2,1-3H3. The lowest BCUT2D eigenvalue weighted by Crippen LogP contribution is -2.36. The number of nitrogens with one attached hydrogen (secondary N) is 1. The summed E-state index contributed by atoms with van der Waals surface area (Å²) in [4.78, 5) is 2.36.